The third-order valence-electron chi connectivity index (χ3n) is 3.66. The van der Waals surface area contributed by atoms with Gasteiger partial charge in [0.05, 0.1) is 4.90 Å². The van der Waals surface area contributed by atoms with Gasteiger partial charge in [-0.25, -0.2) is 13.6 Å². The Balaban J connectivity index is 1.77. The number of primary sulfonamides is 1. The van der Waals surface area contributed by atoms with E-state index in [1.165, 1.54) is 5.56 Å². The van der Waals surface area contributed by atoms with Crippen LogP contribution < -0.4 is 10.5 Å². The van der Waals surface area contributed by atoms with Crippen LogP contribution in [0.5, 0.6) is 0 Å². The van der Waals surface area contributed by atoms with E-state index < -0.39 is 10.0 Å². The Morgan fingerprint density at radius 1 is 1.05 bits per heavy atom. The highest BCUT2D eigenvalue weighted by Gasteiger charge is 2.07. The van der Waals surface area contributed by atoms with E-state index in [1.54, 1.807) is 12.1 Å². The summed E-state index contributed by atoms with van der Waals surface area (Å²) in [6.45, 7) is 3.97. The van der Waals surface area contributed by atoms with Crippen molar-refractivity contribution in [3.8, 4) is 0 Å². The van der Waals surface area contributed by atoms with Crippen LogP contribution in [0.1, 0.15) is 24.0 Å². The summed E-state index contributed by atoms with van der Waals surface area (Å²) in [5.74, 6) is 0.464. The molecule has 0 saturated carbocycles. The summed E-state index contributed by atoms with van der Waals surface area (Å²) in [6, 6.07) is 17.1. The van der Waals surface area contributed by atoms with Crippen LogP contribution in [0.3, 0.4) is 0 Å². The second-order valence-electron chi connectivity index (χ2n) is 5.45. The third kappa shape index (κ3) is 4.94. The summed E-state index contributed by atoms with van der Waals surface area (Å²) in [6.07, 6.45) is 0.854. The van der Waals surface area contributed by atoms with Crippen LogP contribution >= 0.6 is 0 Å². The number of benzene rings is 2. The van der Waals surface area contributed by atoms with Crippen molar-refractivity contribution in [2.24, 2.45) is 5.14 Å². The lowest BCUT2D eigenvalue weighted by atomic mass is 10.0. The fraction of sp³-hybridized carbons (Fsp3) is 0.294. The van der Waals surface area contributed by atoms with Crippen LogP contribution in [0.2, 0.25) is 0 Å². The lowest BCUT2D eigenvalue weighted by Crippen LogP contribution is -2.22. The molecule has 0 spiro atoms. The van der Waals surface area contributed by atoms with Gasteiger partial charge in [-0.1, -0.05) is 49.4 Å². The molecule has 118 valence electrons. The lowest BCUT2D eigenvalue weighted by molar-refractivity contribution is 0.597. The fourth-order valence-corrected chi connectivity index (χ4v) is 2.81. The standard InChI is InChI=1S/C17H22N2O2S/c1-14(16-5-3-2-4-6-16)13-19-12-11-15-7-9-17(10-8-15)22(18,20)21/h2-10,14,19H,11-13H2,1H3,(H2,18,20,21)/t14-/m1/s1. The molecular formula is C17H22N2O2S. The molecule has 0 heterocycles. The molecule has 4 nitrogen and oxygen atoms in total. The third-order valence-corrected chi connectivity index (χ3v) is 4.59. The molecule has 0 radical (unpaired) electrons. The summed E-state index contributed by atoms with van der Waals surface area (Å²) < 4.78 is 22.4. The number of hydrogen-bond acceptors (Lipinski definition) is 3. The summed E-state index contributed by atoms with van der Waals surface area (Å²) in [7, 11) is -3.60. The van der Waals surface area contributed by atoms with Crippen molar-refractivity contribution in [3.63, 3.8) is 0 Å². The van der Waals surface area contributed by atoms with E-state index in [-0.39, 0.29) is 4.90 Å². The van der Waals surface area contributed by atoms with Crippen molar-refractivity contribution in [2.75, 3.05) is 13.1 Å². The Labute approximate surface area is 132 Å². The highest BCUT2D eigenvalue weighted by Crippen LogP contribution is 2.13. The maximum absolute atomic E-state index is 11.2. The molecule has 0 aliphatic heterocycles. The first-order valence-corrected chi connectivity index (χ1v) is 8.89. The predicted molar refractivity (Wildman–Crippen MR) is 89.2 cm³/mol. The Bertz CT molecular complexity index is 682. The van der Waals surface area contributed by atoms with E-state index in [2.05, 4.69) is 36.5 Å². The van der Waals surface area contributed by atoms with E-state index in [1.807, 2.05) is 18.2 Å². The van der Waals surface area contributed by atoms with E-state index in [0.717, 1.165) is 25.1 Å². The van der Waals surface area contributed by atoms with Gasteiger partial charge in [-0.2, -0.15) is 0 Å². The van der Waals surface area contributed by atoms with E-state index in [4.69, 9.17) is 5.14 Å². The molecule has 0 amide bonds. The van der Waals surface area contributed by atoms with Crippen molar-refractivity contribution >= 4 is 10.0 Å². The lowest BCUT2D eigenvalue weighted by Gasteiger charge is -2.13. The Morgan fingerprint density at radius 2 is 1.68 bits per heavy atom. The average Bonchev–Trinajstić information content (AvgIpc) is 2.52. The van der Waals surface area contributed by atoms with Crippen LogP contribution in [-0.2, 0) is 16.4 Å². The van der Waals surface area contributed by atoms with Crippen molar-refractivity contribution in [2.45, 2.75) is 24.2 Å². The van der Waals surface area contributed by atoms with Crippen molar-refractivity contribution in [3.05, 3.63) is 65.7 Å². The zero-order valence-corrected chi connectivity index (χ0v) is 13.5. The molecule has 0 unspecified atom stereocenters. The quantitative estimate of drug-likeness (QED) is 0.769. The highest BCUT2D eigenvalue weighted by atomic mass is 32.2. The molecule has 0 fully saturated rings. The minimum Gasteiger partial charge on any atom is -0.316 e. The molecule has 0 aliphatic rings. The highest BCUT2D eigenvalue weighted by molar-refractivity contribution is 7.89. The predicted octanol–water partition coefficient (Wildman–Crippen LogP) is 2.27. The number of nitrogens with one attached hydrogen (secondary N) is 1. The van der Waals surface area contributed by atoms with Gasteiger partial charge >= 0.3 is 0 Å². The molecule has 2 rings (SSSR count). The van der Waals surface area contributed by atoms with Gasteiger partial charge < -0.3 is 5.32 Å². The second kappa shape index (κ2) is 7.54. The van der Waals surface area contributed by atoms with Gasteiger partial charge in [0, 0.05) is 6.54 Å². The van der Waals surface area contributed by atoms with Crippen LogP contribution in [0, 0.1) is 0 Å². The number of hydrogen-bond donors (Lipinski definition) is 2. The smallest absolute Gasteiger partial charge is 0.238 e. The Kier molecular flexibility index (Phi) is 5.71. The van der Waals surface area contributed by atoms with Gasteiger partial charge in [-0.05, 0) is 42.1 Å². The molecule has 5 heteroatoms. The first-order valence-electron chi connectivity index (χ1n) is 7.34. The zero-order valence-electron chi connectivity index (χ0n) is 12.7. The first-order chi connectivity index (χ1) is 10.5. The van der Waals surface area contributed by atoms with Crippen LogP contribution in [-0.4, -0.2) is 21.5 Å². The van der Waals surface area contributed by atoms with Crippen LogP contribution in [0.15, 0.2) is 59.5 Å². The van der Waals surface area contributed by atoms with E-state index in [9.17, 15) is 8.42 Å². The topological polar surface area (TPSA) is 72.2 Å². The van der Waals surface area contributed by atoms with Crippen molar-refractivity contribution in [1.82, 2.24) is 5.32 Å². The first kappa shape index (κ1) is 16.7. The van der Waals surface area contributed by atoms with E-state index in [0.29, 0.717) is 5.92 Å². The van der Waals surface area contributed by atoms with Crippen molar-refractivity contribution in [1.29, 1.82) is 0 Å². The molecule has 22 heavy (non-hydrogen) atoms. The molecule has 0 bridgehead atoms. The molecule has 0 aromatic heterocycles. The van der Waals surface area contributed by atoms with Gasteiger partial charge in [0.15, 0.2) is 0 Å². The molecule has 0 saturated heterocycles. The Hall–Kier alpha value is -1.69. The molecular weight excluding hydrogens is 296 g/mol. The van der Waals surface area contributed by atoms with Gasteiger partial charge in [0.2, 0.25) is 10.0 Å². The molecule has 2 aromatic carbocycles. The summed E-state index contributed by atoms with van der Waals surface area (Å²) >= 11 is 0. The minimum absolute atomic E-state index is 0.155. The maximum Gasteiger partial charge on any atom is 0.238 e. The minimum atomic E-state index is -3.60. The second-order valence-corrected chi connectivity index (χ2v) is 7.02. The normalized spacial score (nSPS) is 13.0. The van der Waals surface area contributed by atoms with Gasteiger partial charge in [-0.15, -0.1) is 0 Å². The molecule has 0 aliphatic carbocycles. The number of rotatable bonds is 7. The van der Waals surface area contributed by atoms with Gasteiger partial charge in [-0.3, -0.25) is 0 Å². The monoisotopic (exact) mass is 318 g/mol. The molecule has 3 N–H and O–H groups in total. The number of nitrogens with two attached hydrogens (primary N) is 1. The number of sulfonamides is 1. The summed E-state index contributed by atoms with van der Waals surface area (Å²) in [4.78, 5) is 0.155. The van der Waals surface area contributed by atoms with Gasteiger partial charge in [0.25, 0.3) is 0 Å². The summed E-state index contributed by atoms with van der Waals surface area (Å²) in [5.41, 5.74) is 2.42. The van der Waals surface area contributed by atoms with Gasteiger partial charge in [0.1, 0.15) is 0 Å². The average molecular weight is 318 g/mol. The fourth-order valence-electron chi connectivity index (χ4n) is 2.30. The molecule has 2 aromatic rings. The summed E-state index contributed by atoms with van der Waals surface area (Å²) in [5, 5.41) is 8.51. The van der Waals surface area contributed by atoms with E-state index >= 15 is 0 Å². The maximum atomic E-state index is 11.2. The van der Waals surface area contributed by atoms with Crippen LogP contribution in [0.25, 0.3) is 0 Å². The van der Waals surface area contributed by atoms with Crippen molar-refractivity contribution < 1.29 is 8.42 Å². The SMILES string of the molecule is C[C@H](CNCCc1ccc(S(N)(=O)=O)cc1)c1ccccc1. The molecule has 1 atom stereocenters. The Morgan fingerprint density at radius 3 is 2.27 bits per heavy atom. The van der Waals surface area contributed by atoms with Crippen LogP contribution in [0.4, 0.5) is 0 Å². The largest absolute Gasteiger partial charge is 0.316 e. The zero-order chi connectivity index (χ0) is 16.0.